The summed E-state index contributed by atoms with van der Waals surface area (Å²) in [5.41, 5.74) is 4.31. The molecular weight excluding hydrogens is 508 g/mol. The van der Waals surface area contributed by atoms with Gasteiger partial charge in [-0.15, -0.1) is 0 Å². The zero-order valence-electron chi connectivity index (χ0n) is 23.4. The normalized spacial score (nSPS) is 21.6. The molecular formula is C30H40N6O4. The van der Waals surface area contributed by atoms with Crippen molar-refractivity contribution in [2.24, 2.45) is 11.8 Å². The summed E-state index contributed by atoms with van der Waals surface area (Å²) in [7, 11) is 0. The standard InChI is InChI=1S/C30H40N6O4/c1-3-40-26-18-39-17-22(26)15-31-27-13-28(32-14-20-8-10-38-11-9-20)36-29(35-27)25(16-33-36)21-4-7-24(19(2)12-21)30(37)34-23-5-6-23/h4,7,12-13,16,20,22-23,26,32H,3,5-6,8-11,14-15,17-18H2,1-2H3,(H,31,35)(H,34,37). The number of hydrogen-bond donors (Lipinski definition) is 3. The van der Waals surface area contributed by atoms with Crippen molar-refractivity contribution in [2.45, 2.75) is 51.7 Å². The molecule has 2 aromatic heterocycles. The molecule has 1 aromatic carbocycles. The molecule has 0 spiro atoms. The molecule has 3 N–H and O–H groups in total. The van der Waals surface area contributed by atoms with Crippen LogP contribution in [0.15, 0.2) is 30.5 Å². The van der Waals surface area contributed by atoms with Crippen molar-refractivity contribution in [3.05, 3.63) is 41.6 Å². The second-order valence-corrected chi connectivity index (χ2v) is 11.2. The SMILES string of the molecule is CCOC1COCC1CNc1cc(NCC2CCOCC2)n2ncc(-c3ccc(C(=O)NC4CC4)c(C)c3)c2n1. The van der Waals surface area contributed by atoms with E-state index in [0.717, 1.165) is 79.4 Å². The van der Waals surface area contributed by atoms with Crippen molar-refractivity contribution in [3.8, 4) is 11.1 Å². The summed E-state index contributed by atoms with van der Waals surface area (Å²) in [6.45, 7) is 9.17. The Balaban J connectivity index is 1.28. The molecule has 40 heavy (non-hydrogen) atoms. The van der Waals surface area contributed by atoms with Gasteiger partial charge in [0.25, 0.3) is 5.91 Å². The molecule has 10 heteroatoms. The minimum absolute atomic E-state index is 0.00289. The van der Waals surface area contributed by atoms with E-state index < -0.39 is 0 Å². The van der Waals surface area contributed by atoms with Gasteiger partial charge in [-0.25, -0.2) is 4.98 Å². The van der Waals surface area contributed by atoms with Crippen LogP contribution < -0.4 is 16.0 Å². The first-order chi connectivity index (χ1) is 19.6. The van der Waals surface area contributed by atoms with E-state index in [4.69, 9.17) is 24.3 Å². The number of carbonyl (C=O) groups is 1. The van der Waals surface area contributed by atoms with Gasteiger partial charge in [-0.2, -0.15) is 9.61 Å². The summed E-state index contributed by atoms with van der Waals surface area (Å²) in [5.74, 6) is 2.49. The average molecular weight is 549 g/mol. The van der Waals surface area contributed by atoms with Gasteiger partial charge in [0.1, 0.15) is 11.6 Å². The summed E-state index contributed by atoms with van der Waals surface area (Å²) in [6, 6.07) is 8.31. The van der Waals surface area contributed by atoms with Crippen LogP contribution in [0.2, 0.25) is 0 Å². The molecule has 3 fully saturated rings. The highest BCUT2D eigenvalue weighted by molar-refractivity contribution is 5.97. The van der Waals surface area contributed by atoms with Crippen LogP contribution in [0.3, 0.4) is 0 Å². The fourth-order valence-corrected chi connectivity index (χ4v) is 5.56. The van der Waals surface area contributed by atoms with Crippen molar-refractivity contribution in [1.29, 1.82) is 0 Å². The highest BCUT2D eigenvalue weighted by atomic mass is 16.5. The smallest absolute Gasteiger partial charge is 0.251 e. The highest BCUT2D eigenvalue weighted by Crippen LogP contribution is 2.30. The third-order valence-corrected chi connectivity index (χ3v) is 8.15. The van der Waals surface area contributed by atoms with Crippen LogP contribution in [0.25, 0.3) is 16.8 Å². The van der Waals surface area contributed by atoms with Gasteiger partial charge in [0, 0.05) is 62.1 Å². The molecule has 2 saturated heterocycles. The van der Waals surface area contributed by atoms with Crippen LogP contribution in [0.5, 0.6) is 0 Å². The molecule has 2 unspecified atom stereocenters. The molecule has 10 nitrogen and oxygen atoms in total. The summed E-state index contributed by atoms with van der Waals surface area (Å²) in [5, 5.41) is 15.0. The molecule has 1 saturated carbocycles. The number of ether oxygens (including phenoxy) is 3. The van der Waals surface area contributed by atoms with Crippen LogP contribution in [0, 0.1) is 18.8 Å². The van der Waals surface area contributed by atoms with Gasteiger partial charge in [0.2, 0.25) is 0 Å². The third kappa shape index (κ3) is 6.09. The molecule has 0 bridgehead atoms. The number of rotatable bonds is 11. The van der Waals surface area contributed by atoms with Gasteiger partial charge >= 0.3 is 0 Å². The third-order valence-electron chi connectivity index (χ3n) is 8.15. The van der Waals surface area contributed by atoms with Crippen molar-refractivity contribution in [2.75, 3.05) is 56.8 Å². The van der Waals surface area contributed by atoms with Crippen LogP contribution in [-0.2, 0) is 14.2 Å². The van der Waals surface area contributed by atoms with E-state index in [1.165, 1.54) is 0 Å². The fourth-order valence-electron chi connectivity index (χ4n) is 5.56. The quantitative estimate of drug-likeness (QED) is 0.331. The second kappa shape index (κ2) is 12.1. The molecule has 2 atom stereocenters. The maximum atomic E-state index is 12.7. The number of carbonyl (C=O) groups excluding carboxylic acids is 1. The lowest BCUT2D eigenvalue weighted by atomic mass is 10.0. The van der Waals surface area contributed by atoms with Crippen LogP contribution in [0.4, 0.5) is 11.6 Å². The first-order valence-corrected chi connectivity index (χ1v) is 14.6. The number of amides is 1. The van der Waals surface area contributed by atoms with Crippen molar-refractivity contribution in [1.82, 2.24) is 19.9 Å². The molecule has 6 rings (SSSR count). The molecule has 2 aliphatic heterocycles. The Kier molecular flexibility index (Phi) is 8.17. The number of aryl methyl sites for hydroxylation is 1. The minimum atomic E-state index is -0.00289. The first kappa shape index (κ1) is 27.0. The zero-order valence-corrected chi connectivity index (χ0v) is 23.4. The molecule has 0 radical (unpaired) electrons. The molecule has 3 aliphatic rings. The molecule has 1 aliphatic carbocycles. The maximum Gasteiger partial charge on any atom is 0.251 e. The van der Waals surface area contributed by atoms with Crippen LogP contribution >= 0.6 is 0 Å². The Hall–Kier alpha value is -3.21. The Morgan fingerprint density at radius 1 is 1.07 bits per heavy atom. The summed E-state index contributed by atoms with van der Waals surface area (Å²) >= 11 is 0. The molecule has 214 valence electrons. The topological polar surface area (TPSA) is 111 Å². The summed E-state index contributed by atoms with van der Waals surface area (Å²) in [6.07, 6.45) is 6.20. The fraction of sp³-hybridized carbons (Fsp3) is 0.567. The summed E-state index contributed by atoms with van der Waals surface area (Å²) < 4.78 is 19.0. The van der Waals surface area contributed by atoms with Gasteiger partial charge in [-0.05, 0) is 62.6 Å². The van der Waals surface area contributed by atoms with E-state index >= 15 is 0 Å². The van der Waals surface area contributed by atoms with Crippen molar-refractivity contribution in [3.63, 3.8) is 0 Å². The number of benzene rings is 1. The first-order valence-electron chi connectivity index (χ1n) is 14.6. The number of anilines is 2. The second-order valence-electron chi connectivity index (χ2n) is 11.2. The molecule has 4 heterocycles. The van der Waals surface area contributed by atoms with Gasteiger partial charge < -0.3 is 30.2 Å². The van der Waals surface area contributed by atoms with Crippen LogP contribution in [-0.4, -0.2) is 78.8 Å². The van der Waals surface area contributed by atoms with E-state index in [9.17, 15) is 4.79 Å². The number of nitrogens with zero attached hydrogens (tertiary/aromatic N) is 3. The van der Waals surface area contributed by atoms with Crippen LogP contribution in [0.1, 0.15) is 48.5 Å². The lowest BCUT2D eigenvalue weighted by molar-refractivity contribution is 0.0362. The maximum absolute atomic E-state index is 12.7. The van der Waals surface area contributed by atoms with E-state index in [-0.39, 0.29) is 17.9 Å². The number of aromatic nitrogens is 3. The summed E-state index contributed by atoms with van der Waals surface area (Å²) in [4.78, 5) is 17.7. The Labute approximate surface area is 235 Å². The van der Waals surface area contributed by atoms with Crippen molar-refractivity contribution < 1.29 is 19.0 Å². The van der Waals surface area contributed by atoms with Gasteiger partial charge in [-0.1, -0.05) is 12.1 Å². The lowest BCUT2D eigenvalue weighted by Crippen LogP contribution is -2.28. The predicted octanol–water partition coefficient (Wildman–Crippen LogP) is 3.90. The van der Waals surface area contributed by atoms with E-state index in [1.807, 2.05) is 42.8 Å². The zero-order chi connectivity index (χ0) is 27.5. The average Bonchev–Trinajstić information content (AvgIpc) is 3.49. The largest absolute Gasteiger partial charge is 0.381 e. The number of nitrogens with one attached hydrogen (secondary N) is 3. The minimum Gasteiger partial charge on any atom is -0.381 e. The van der Waals surface area contributed by atoms with Gasteiger partial charge in [0.05, 0.1) is 25.5 Å². The Bertz CT molecular complexity index is 1330. The van der Waals surface area contributed by atoms with Crippen molar-refractivity contribution >= 4 is 23.2 Å². The number of hydrogen-bond acceptors (Lipinski definition) is 8. The molecule has 3 aromatic rings. The van der Waals surface area contributed by atoms with Gasteiger partial charge in [0.15, 0.2) is 5.65 Å². The molecule has 1 amide bonds. The Morgan fingerprint density at radius 3 is 2.70 bits per heavy atom. The highest BCUT2D eigenvalue weighted by Gasteiger charge is 2.29. The van der Waals surface area contributed by atoms with E-state index in [0.29, 0.717) is 43.9 Å². The number of fused-ring (bicyclic) bond motifs is 1. The predicted molar refractivity (Wildman–Crippen MR) is 154 cm³/mol. The monoisotopic (exact) mass is 548 g/mol. The van der Waals surface area contributed by atoms with Gasteiger partial charge in [-0.3, -0.25) is 4.79 Å². The lowest BCUT2D eigenvalue weighted by Gasteiger charge is -2.23. The van der Waals surface area contributed by atoms with E-state index in [2.05, 4.69) is 22.0 Å². The van der Waals surface area contributed by atoms with E-state index in [1.54, 1.807) is 0 Å². The Morgan fingerprint density at radius 2 is 1.93 bits per heavy atom.